The van der Waals surface area contributed by atoms with Crippen molar-refractivity contribution in [3.8, 4) is 0 Å². The van der Waals surface area contributed by atoms with E-state index in [-0.39, 0.29) is 29.4 Å². The maximum atomic E-state index is 13.4. The van der Waals surface area contributed by atoms with E-state index >= 15 is 0 Å². The Labute approximate surface area is 218 Å². The van der Waals surface area contributed by atoms with Gasteiger partial charge in [-0.25, -0.2) is 22.3 Å². The summed E-state index contributed by atoms with van der Waals surface area (Å²) < 4.78 is 56.2. The van der Waals surface area contributed by atoms with Crippen molar-refractivity contribution >= 4 is 48.1 Å². The van der Waals surface area contributed by atoms with E-state index in [1.165, 1.54) is 30.5 Å². The maximum absolute atomic E-state index is 13.4. The Morgan fingerprint density at radius 1 is 0.861 bits per heavy atom. The van der Waals surface area contributed by atoms with Crippen LogP contribution in [0.15, 0.2) is 104 Å². The van der Waals surface area contributed by atoms with Crippen molar-refractivity contribution in [2.24, 2.45) is 5.10 Å². The molecule has 1 unspecified atom stereocenters. The molecule has 1 aliphatic rings. The van der Waals surface area contributed by atoms with Crippen molar-refractivity contribution in [2.75, 3.05) is 19.6 Å². The van der Waals surface area contributed by atoms with Gasteiger partial charge in [-0.2, -0.15) is 13.7 Å². The van der Waals surface area contributed by atoms with Gasteiger partial charge < -0.3 is 0 Å². The molecule has 0 spiro atoms. The molecule has 0 saturated carbocycles. The normalized spacial score (nSPS) is 17.8. The molecule has 0 radical (unpaired) electrons. The summed E-state index contributed by atoms with van der Waals surface area (Å²) in [6, 6.07) is 21.4. The van der Waals surface area contributed by atoms with Gasteiger partial charge in [-0.15, -0.1) is 0 Å². The highest BCUT2D eigenvalue weighted by molar-refractivity contribution is 9.10. The molecule has 188 valence electrons. The fourth-order valence-electron chi connectivity index (χ4n) is 3.76. The topological polar surface area (TPSA) is 116 Å². The lowest BCUT2D eigenvalue weighted by molar-refractivity contribution is -0.125. The zero-order valence-electron chi connectivity index (χ0n) is 18.9. The van der Waals surface area contributed by atoms with E-state index in [2.05, 4.69) is 26.5 Å². The summed E-state index contributed by atoms with van der Waals surface area (Å²) in [7, 11) is -8.02. The van der Waals surface area contributed by atoms with Gasteiger partial charge in [0.15, 0.2) is 0 Å². The first kappa shape index (κ1) is 26.2. The molecule has 1 N–H and O–H groups in total. The summed E-state index contributed by atoms with van der Waals surface area (Å²) >= 11 is 3.36. The number of nitrogens with one attached hydrogen (secondary N) is 1. The molecule has 4 rings (SSSR count). The number of hydrogen-bond donors (Lipinski definition) is 1. The number of sulfonamides is 2. The number of rotatable bonds is 7. The summed E-state index contributed by atoms with van der Waals surface area (Å²) in [5.41, 5.74) is 3.08. The van der Waals surface area contributed by atoms with Crippen LogP contribution in [0.2, 0.25) is 0 Å². The first-order valence-corrected chi connectivity index (χ1v) is 14.6. The van der Waals surface area contributed by atoms with E-state index < -0.39 is 32.0 Å². The summed E-state index contributed by atoms with van der Waals surface area (Å²) in [5, 5.41) is 3.96. The van der Waals surface area contributed by atoms with Crippen LogP contribution in [0.3, 0.4) is 0 Å². The van der Waals surface area contributed by atoms with Crippen LogP contribution in [0.4, 0.5) is 0 Å². The largest absolute Gasteiger partial charge is 0.271 e. The molecule has 12 heteroatoms. The lowest BCUT2D eigenvalue weighted by Crippen LogP contribution is -2.60. The van der Waals surface area contributed by atoms with Crippen LogP contribution in [0, 0.1) is 0 Å². The molecule has 1 aliphatic heterocycles. The third-order valence-corrected chi connectivity index (χ3v) is 9.86. The molecule has 36 heavy (non-hydrogen) atoms. The SMILES string of the molecule is O=C(N/N=C/c1cccc(Br)c1)C1CN(S(=O)(=O)c2ccccc2)CCN1S(=O)(=O)c1ccccc1. The molecule has 9 nitrogen and oxygen atoms in total. The van der Waals surface area contributed by atoms with Crippen LogP contribution in [0.1, 0.15) is 5.56 Å². The standard InChI is InChI=1S/C24H23BrN4O5S2/c25-20-9-7-8-19(16-20)17-26-27-24(30)23-18-28(35(31,32)21-10-3-1-4-11-21)14-15-29(23)36(33,34)22-12-5-2-6-13-22/h1-13,16-17,23H,14-15,18H2,(H,27,30)/b26-17+. The van der Waals surface area contributed by atoms with Gasteiger partial charge in [0.05, 0.1) is 16.0 Å². The van der Waals surface area contributed by atoms with Gasteiger partial charge in [-0.3, -0.25) is 4.79 Å². The molecule has 1 heterocycles. The van der Waals surface area contributed by atoms with Gasteiger partial charge in [0.25, 0.3) is 5.91 Å². The number of amides is 1. The van der Waals surface area contributed by atoms with Gasteiger partial charge in [-0.05, 0) is 42.0 Å². The molecule has 3 aromatic rings. The predicted molar refractivity (Wildman–Crippen MR) is 139 cm³/mol. The molecule has 0 aromatic heterocycles. The molecular weight excluding hydrogens is 568 g/mol. The highest BCUT2D eigenvalue weighted by atomic mass is 79.9. The molecule has 1 saturated heterocycles. The lowest BCUT2D eigenvalue weighted by atomic mass is 10.2. The van der Waals surface area contributed by atoms with Crippen LogP contribution < -0.4 is 5.43 Å². The minimum atomic E-state index is -4.08. The van der Waals surface area contributed by atoms with Crippen LogP contribution in [0.25, 0.3) is 0 Å². The number of carbonyl (C=O) groups is 1. The zero-order chi connectivity index (χ0) is 25.8. The van der Waals surface area contributed by atoms with Crippen molar-refractivity contribution < 1.29 is 21.6 Å². The van der Waals surface area contributed by atoms with Gasteiger partial charge in [-0.1, -0.05) is 64.5 Å². The Balaban J connectivity index is 1.63. The second-order valence-electron chi connectivity index (χ2n) is 7.91. The van der Waals surface area contributed by atoms with E-state index in [4.69, 9.17) is 0 Å². The molecular formula is C24H23BrN4O5S2. The molecule has 0 bridgehead atoms. The zero-order valence-corrected chi connectivity index (χ0v) is 22.2. The molecule has 1 atom stereocenters. The predicted octanol–water partition coefficient (Wildman–Crippen LogP) is 2.66. The number of benzene rings is 3. The van der Waals surface area contributed by atoms with Gasteiger partial charge in [0, 0.05) is 24.1 Å². The molecule has 0 aliphatic carbocycles. The Hall–Kier alpha value is -2.90. The monoisotopic (exact) mass is 590 g/mol. The summed E-state index contributed by atoms with van der Waals surface area (Å²) in [5.74, 6) is -0.742. The van der Waals surface area contributed by atoms with Crippen LogP contribution in [-0.4, -0.2) is 63.2 Å². The van der Waals surface area contributed by atoms with Crippen molar-refractivity contribution in [1.82, 2.24) is 14.0 Å². The second-order valence-corrected chi connectivity index (χ2v) is 12.7. The number of piperazine rings is 1. The Morgan fingerprint density at radius 2 is 1.47 bits per heavy atom. The number of halogens is 1. The second kappa shape index (κ2) is 11.0. The Morgan fingerprint density at radius 3 is 2.08 bits per heavy atom. The third kappa shape index (κ3) is 5.73. The highest BCUT2D eigenvalue weighted by Crippen LogP contribution is 2.25. The molecule has 1 fully saturated rings. The Kier molecular flexibility index (Phi) is 8.00. The minimum absolute atomic E-state index is 0.0137. The minimum Gasteiger partial charge on any atom is -0.271 e. The van der Waals surface area contributed by atoms with Gasteiger partial charge >= 0.3 is 0 Å². The van der Waals surface area contributed by atoms with Crippen molar-refractivity contribution in [3.63, 3.8) is 0 Å². The van der Waals surface area contributed by atoms with E-state index in [1.54, 1.807) is 54.6 Å². The summed E-state index contributed by atoms with van der Waals surface area (Å²) in [6.45, 7) is -0.660. The average Bonchev–Trinajstić information content (AvgIpc) is 2.89. The van der Waals surface area contributed by atoms with Crippen LogP contribution in [0.5, 0.6) is 0 Å². The summed E-state index contributed by atoms with van der Waals surface area (Å²) in [6.07, 6.45) is 1.42. The number of carbonyl (C=O) groups excluding carboxylic acids is 1. The number of hydrogen-bond acceptors (Lipinski definition) is 6. The number of hydrazone groups is 1. The fourth-order valence-corrected chi connectivity index (χ4v) is 7.23. The van der Waals surface area contributed by atoms with Crippen molar-refractivity contribution in [3.05, 3.63) is 95.0 Å². The van der Waals surface area contributed by atoms with E-state index in [0.717, 1.165) is 13.1 Å². The van der Waals surface area contributed by atoms with E-state index in [0.29, 0.717) is 5.56 Å². The van der Waals surface area contributed by atoms with Crippen molar-refractivity contribution in [1.29, 1.82) is 0 Å². The maximum Gasteiger partial charge on any atom is 0.259 e. The lowest BCUT2D eigenvalue weighted by Gasteiger charge is -2.38. The third-order valence-electron chi connectivity index (χ3n) is 5.56. The number of nitrogens with zero attached hydrogens (tertiary/aromatic N) is 3. The van der Waals surface area contributed by atoms with E-state index in [9.17, 15) is 21.6 Å². The molecule has 3 aromatic carbocycles. The molecule has 1 amide bonds. The summed E-state index contributed by atoms with van der Waals surface area (Å²) in [4.78, 5) is 13.3. The quantitative estimate of drug-likeness (QED) is 0.335. The van der Waals surface area contributed by atoms with E-state index in [1.807, 2.05) is 6.07 Å². The first-order chi connectivity index (χ1) is 17.2. The van der Waals surface area contributed by atoms with Crippen molar-refractivity contribution in [2.45, 2.75) is 15.8 Å². The smallest absolute Gasteiger partial charge is 0.259 e. The Bertz CT molecular complexity index is 1470. The highest BCUT2D eigenvalue weighted by Gasteiger charge is 2.43. The van der Waals surface area contributed by atoms with Crippen LogP contribution >= 0.6 is 15.9 Å². The average molecular weight is 592 g/mol. The van der Waals surface area contributed by atoms with Gasteiger partial charge in [0.1, 0.15) is 6.04 Å². The van der Waals surface area contributed by atoms with Crippen LogP contribution in [-0.2, 0) is 24.8 Å². The fraction of sp³-hybridized carbons (Fsp3) is 0.167. The first-order valence-electron chi connectivity index (χ1n) is 10.9. The van der Waals surface area contributed by atoms with Gasteiger partial charge in [0.2, 0.25) is 20.0 Å².